The molecule has 0 radical (unpaired) electrons. The van der Waals surface area contributed by atoms with Crippen LogP contribution >= 0.6 is 0 Å². The van der Waals surface area contributed by atoms with Crippen molar-refractivity contribution in [3.8, 4) is 0 Å². The molecule has 0 spiro atoms. The Hall–Kier alpha value is -1.70. The van der Waals surface area contributed by atoms with Gasteiger partial charge in [0.2, 0.25) is 10.0 Å². The van der Waals surface area contributed by atoms with Crippen molar-refractivity contribution >= 4 is 10.0 Å². The van der Waals surface area contributed by atoms with Gasteiger partial charge in [0.15, 0.2) is 5.76 Å². The molecule has 1 atom stereocenters. The second-order valence-electron chi connectivity index (χ2n) is 5.41. The normalized spacial score (nSPS) is 18.2. The summed E-state index contributed by atoms with van der Waals surface area (Å²) in [7, 11) is -3.64. The monoisotopic (exact) mass is 322 g/mol. The van der Waals surface area contributed by atoms with Gasteiger partial charge in [-0.3, -0.25) is 0 Å². The summed E-state index contributed by atoms with van der Waals surface area (Å²) in [6.45, 7) is 3.93. The minimum absolute atomic E-state index is 0.115. The van der Waals surface area contributed by atoms with Crippen LogP contribution in [0.25, 0.3) is 0 Å². The predicted molar refractivity (Wildman–Crippen MR) is 79.9 cm³/mol. The molecule has 1 unspecified atom stereocenters. The zero-order valence-corrected chi connectivity index (χ0v) is 13.3. The molecule has 22 heavy (non-hydrogen) atoms. The molecule has 1 aromatic heterocycles. The lowest BCUT2D eigenvalue weighted by molar-refractivity contribution is 0.0322. The van der Waals surface area contributed by atoms with Crippen LogP contribution in [-0.4, -0.2) is 26.2 Å². The minimum Gasteiger partial charge on any atom is -0.372 e. The minimum atomic E-state index is -3.64. The molecule has 118 valence electrons. The van der Waals surface area contributed by atoms with Gasteiger partial charge in [0.25, 0.3) is 0 Å². The predicted octanol–water partition coefficient (Wildman–Crippen LogP) is 1.71. The largest absolute Gasteiger partial charge is 0.372 e. The number of fused-ring (bicyclic) bond motifs is 1. The summed E-state index contributed by atoms with van der Waals surface area (Å²) in [5.41, 5.74) is 2.72. The van der Waals surface area contributed by atoms with Gasteiger partial charge in [-0.2, -0.15) is 0 Å². The highest BCUT2D eigenvalue weighted by atomic mass is 32.2. The highest BCUT2D eigenvalue weighted by Crippen LogP contribution is 2.21. The van der Waals surface area contributed by atoms with Crippen LogP contribution in [0.5, 0.6) is 0 Å². The number of aryl methyl sites for hydroxylation is 2. The summed E-state index contributed by atoms with van der Waals surface area (Å²) < 4.78 is 37.9. The molecule has 1 aliphatic rings. The maximum atomic E-state index is 12.4. The standard InChI is InChI=1S/C15H18N2O4S/c1-10-15(11(2)21-17-10)22(18,19)16-8-14-7-12-5-3-4-6-13(12)9-20-14/h3-6,14,16H,7-9H2,1-2H3. The molecular formula is C15H18N2O4S. The third-order valence-electron chi connectivity index (χ3n) is 3.78. The highest BCUT2D eigenvalue weighted by molar-refractivity contribution is 7.89. The third-order valence-corrected chi connectivity index (χ3v) is 5.45. The maximum Gasteiger partial charge on any atom is 0.246 e. The first kappa shape index (κ1) is 15.2. The molecule has 0 amide bonds. The maximum absolute atomic E-state index is 12.4. The topological polar surface area (TPSA) is 81.4 Å². The number of ether oxygens (including phenoxy) is 1. The van der Waals surface area contributed by atoms with Crippen molar-refractivity contribution in [2.75, 3.05) is 6.54 Å². The van der Waals surface area contributed by atoms with Crippen LogP contribution in [0, 0.1) is 13.8 Å². The van der Waals surface area contributed by atoms with Crippen molar-refractivity contribution in [3.05, 3.63) is 46.8 Å². The van der Waals surface area contributed by atoms with Gasteiger partial charge < -0.3 is 9.26 Å². The fraction of sp³-hybridized carbons (Fsp3) is 0.400. The molecule has 0 bridgehead atoms. The summed E-state index contributed by atoms with van der Waals surface area (Å²) in [6, 6.07) is 8.03. The summed E-state index contributed by atoms with van der Waals surface area (Å²) in [5, 5.41) is 3.68. The smallest absolute Gasteiger partial charge is 0.246 e. The van der Waals surface area contributed by atoms with Crippen LogP contribution in [0.15, 0.2) is 33.7 Å². The molecule has 6 nitrogen and oxygen atoms in total. The molecule has 7 heteroatoms. The van der Waals surface area contributed by atoms with E-state index in [2.05, 4.69) is 9.88 Å². The van der Waals surface area contributed by atoms with Crippen LogP contribution in [0.3, 0.4) is 0 Å². The number of nitrogens with one attached hydrogen (secondary N) is 1. The highest BCUT2D eigenvalue weighted by Gasteiger charge is 2.26. The first-order chi connectivity index (χ1) is 10.5. The molecule has 1 N–H and O–H groups in total. The Morgan fingerprint density at radius 2 is 2.00 bits per heavy atom. The van der Waals surface area contributed by atoms with Gasteiger partial charge in [-0.1, -0.05) is 29.4 Å². The SMILES string of the molecule is Cc1noc(C)c1S(=O)(=O)NCC1Cc2ccccc2CO1. The van der Waals surface area contributed by atoms with Gasteiger partial charge in [-0.15, -0.1) is 0 Å². The van der Waals surface area contributed by atoms with Crippen molar-refractivity contribution < 1.29 is 17.7 Å². The first-order valence-electron chi connectivity index (χ1n) is 7.08. The van der Waals surface area contributed by atoms with Crippen LogP contribution in [0.1, 0.15) is 22.6 Å². The second kappa shape index (κ2) is 5.83. The number of hydrogen-bond acceptors (Lipinski definition) is 5. The fourth-order valence-corrected chi connectivity index (χ4v) is 4.06. The van der Waals surface area contributed by atoms with Gasteiger partial charge in [0.1, 0.15) is 10.6 Å². The number of benzene rings is 1. The molecule has 0 saturated carbocycles. The van der Waals surface area contributed by atoms with Crippen LogP contribution in [-0.2, 0) is 27.8 Å². The average Bonchev–Trinajstić information content (AvgIpc) is 2.85. The van der Waals surface area contributed by atoms with Crippen molar-refractivity contribution in [2.45, 2.75) is 37.9 Å². The van der Waals surface area contributed by atoms with Gasteiger partial charge in [0.05, 0.1) is 12.7 Å². The van der Waals surface area contributed by atoms with Crippen molar-refractivity contribution in [2.24, 2.45) is 0 Å². The lowest BCUT2D eigenvalue weighted by Crippen LogP contribution is -2.37. The fourth-order valence-electron chi connectivity index (χ4n) is 2.67. The van der Waals surface area contributed by atoms with E-state index in [1.54, 1.807) is 13.8 Å². The van der Waals surface area contributed by atoms with E-state index in [0.29, 0.717) is 24.5 Å². The van der Waals surface area contributed by atoms with E-state index in [9.17, 15) is 8.42 Å². The average molecular weight is 322 g/mol. The Labute approximate surface area is 129 Å². The van der Waals surface area contributed by atoms with Crippen LogP contribution in [0.4, 0.5) is 0 Å². The first-order valence-corrected chi connectivity index (χ1v) is 8.56. The number of rotatable bonds is 4. The molecule has 0 aliphatic carbocycles. The Morgan fingerprint density at radius 1 is 1.27 bits per heavy atom. The molecule has 1 aromatic carbocycles. The van der Waals surface area contributed by atoms with Gasteiger partial charge in [0, 0.05) is 13.0 Å². The van der Waals surface area contributed by atoms with Crippen molar-refractivity contribution in [1.82, 2.24) is 9.88 Å². The van der Waals surface area contributed by atoms with Crippen LogP contribution in [0.2, 0.25) is 0 Å². The van der Waals surface area contributed by atoms with E-state index in [4.69, 9.17) is 9.26 Å². The molecule has 1 aliphatic heterocycles. The Morgan fingerprint density at radius 3 is 2.68 bits per heavy atom. The summed E-state index contributed by atoms with van der Waals surface area (Å²) in [6.07, 6.45) is 0.519. The molecule has 0 saturated heterocycles. The lowest BCUT2D eigenvalue weighted by atomic mass is 9.99. The summed E-state index contributed by atoms with van der Waals surface area (Å²) in [4.78, 5) is 0.115. The molecule has 3 rings (SSSR count). The van der Waals surface area contributed by atoms with Gasteiger partial charge in [-0.25, -0.2) is 13.1 Å². The number of aromatic nitrogens is 1. The number of nitrogens with zero attached hydrogens (tertiary/aromatic N) is 1. The lowest BCUT2D eigenvalue weighted by Gasteiger charge is -2.25. The molecule has 2 aromatic rings. The van der Waals surface area contributed by atoms with E-state index >= 15 is 0 Å². The number of hydrogen-bond donors (Lipinski definition) is 1. The van der Waals surface area contributed by atoms with Crippen molar-refractivity contribution in [1.29, 1.82) is 0 Å². The molecular weight excluding hydrogens is 304 g/mol. The van der Waals surface area contributed by atoms with Crippen LogP contribution < -0.4 is 4.72 Å². The zero-order chi connectivity index (χ0) is 15.7. The number of sulfonamides is 1. The van der Waals surface area contributed by atoms with Gasteiger partial charge in [-0.05, 0) is 25.0 Å². The zero-order valence-electron chi connectivity index (χ0n) is 12.5. The molecule has 0 fully saturated rings. The van der Waals surface area contributed by atoms with E-state index in [1.807, 2.05) is 24.3 Å². The summed E-state index contributed by atoms with van der Waals surface area (Å²) in [5.74, 6) is 0.292. The Balaban J connectivity index is 1.69. The molecule has 2 heterocycles. The second-order valence-corrected chi connectivity index (χ2v) is 7.11. The van der Waals surface area contributed by atoms with Crippen molar-refractivity contribution in [3.63, 3.8) is 0 Å². The van der Waals surface area contributed by atoms with E-state index in [1.165, 1.54) is 5.56 Å². The Bertz CT molecular complexity index is 763. The van der Waals surface area contributed by atoms with E-state index in [-0.39, 0.29) is 17.5 Å². The van der Waals surface area contributed by atoms with E-state index in [0.717, 1.165) is 5.56 Å². The third kappa shape index (κ3) is 2.92. The quantitative estimate of drug-likeness (QED) is 0.927. The summed E-state index contributed by atoms with van der Waals surface area (Å²) >= 11 is 0. The van der Waals surface area contributed by atoms with Gasteiger partial charge >= 0.3 is 0 Å². The van der Waals surface area contributed by atoms with E-state index < -0.39 is 10.0 Å². The Kier molecular flexibility index (Phi) is 4.03.